The van der Waals surface area contributed by atoms with Crippen LogP contribution in [-0.2, 0) is 13.9 Å². The fraction of sp³-hybridized carbons (Fsp3) is 0.333. The molecule has 0 bridgehead atoms. The predicted octanol–water partition coefficient (Wildman–Crippen LogP) is 0.389. The average Bonchev–Trinajstić information content (AvgIpc) is 2.34. The summed E-state index contributed by atoms with van der Waals surface area (Å²) in [4.78, 5) is 51.0. The van der Waals surface area contributed by atoms with Crippen LogP contribution in [0.3, 0.4) is 0 Å². The topological polar surface area (TPSA) is 169 Å². The lowest BCUT2D eigenvalue weighted by molar-refractivity contribution is -0.115. The zero-order chi connectivity index (χ0) is 17.1. The molecule has 0 fully saturated rings. The Kier molecular flexibility index (Phi) is 6.17. The third-order valence-corrected chi connectivity index (χ3v) is 5.90. The van der Waals surface area contributed by atoms with E-state index in [-0.39, 0.29) is 11.7 Å². The first kappa shape index (κ1) is 19.1. The summed E-state index contributed by atoms with van der Waals surface area (Å²) < 4.78 is 22.2. The Bertz CT molecular complexity index is 605. The summed E-state index contributed by atoms with van der Waals surface area (Å²) in [5.74, 6) is -0.553. The van der Waals surface area contributed by atoms with Gasteiger partial charge in [0, 0.05) is 0 Å². The van der Waals surface area contributed by atoms with Crippen molar-refractivity contribution in [2.75, 3.05) is 10.6 Å². The van der Waals surface area contributed by atoms with Crippen molar-refractivity contribution >= 4 is 45.2 Å². The molecule has 0 aliphatic rings. The molecule has 13 heteroatoms. The summed E-state index contributed by atoms with van der Waals surface area (Å²) in [6.07, 6.45) is 1.16. The normalized spacial score (nSPS) is 13.8. The molecule has 1 rings (SSSR count). The van der Waals surface area contributed by atoms with E-state index < -0.39 is 26.0 Å². The molecule has 0 saturated carbocycles. The van der Waals surface area contributed by atoms with E-state index in [2.05, 4.69) is 22.9 Å². The lowest BCUT2D eigenvalue weighted by atomic mass is 10.3. The highest BCUT2D eigenvalue weighted by Crippen LogP contribution is 2.59. The van der Waals surface area contributed by atoms with Crippen molar-refractivity contribution in [3.05, 3.63) is 18.3 Å². The van der Waals surface area contributed by atoms with Gasteiger partial charge in [-0.05, 0) is 19.1 Å². The van der Waals surface area contributed by atoms with Gasteiger partial charge >= 0.3 is 15.2 Å². The first-order valence-corrected chi connectivity index (χ1v) is 9.61. The SMILES string of the molecule is CC(S)C(=O)Nc1ccc(NC(P(=O)(O)O)P(=O)(O)O)nc1. The lowest BCUT2D eigenvalue weighted by Crippen LogP contribution is -2.21. The smallest absolute Gasteiger partial charge is 0.346 e. The van der Waals surface area contributed by atoms with Crippen LogP contribution in [0.25, 0.3) is 0 Å². The van der Waals surface area contributed by atoms with Gasteiger partial charge in [-0.25, -0.2) is 4.98 Å². The molecule has 0 aliphatic heterocycles. The Morgan fingerprint density at radius 3 is 2.14 bits per heavy atom. The monoisotopic (exact) mass is 371 g/mol. The van der Waals surface area contributed by atoms with Crippen molar-refractivity contribution in [1.82, 2.24) is 4.98 Å². The van der Waals surface area contributed by atoms with Gasteiger partial charge in [0.15, 0.2) is 0 Å². The van der Waals surface area contributed by atoms with Gasteiger partial charge in [0.1, 0.15) is 5.82 Å². The fourth-order valence-electron chi connectivity index (χ4n) is 1.30. The molecule has 0 spiro atoms. The third-order valence-electron chi connectivity index (χ3n) is 2.32. The van der Waals surface area contributed by atoms with Crippen LogP contribution in [0.5, 0.6) is 0 Å². The van der Waals surface area contributed by atoms with E-state index in [9.17, 15) is 13.9 Å². The molecule has 1 heterocycles. The average molecular weight is 371 g/mol. The van der Waals surface area contributed by atoms with Crippen LogP contribution in [-0.4, -0.2) is 41.2 Å². The summed E-state index contributed by atoms with van der Waals surface area (Å²) in [6.45, 7) is 1.56. The second kappa shape index (κ2) is 7.10. The first-order chi connectivity index (χ1) is 9.91. The zero-order valence-corrected chi connectivity index (χ0v) is 13.9. The predicted molar refractivity (Wildman–Crippen MR) is 82.8 cm³/mol. The molecule has 6 N–H and O–H groups in total. The second-order valence-corrected chi connectivity index (χ2v) is 8.86. The number of hydrogen-bond donors (Lipinski definition) is 7. The molecule has 0 saturated heterocycles. The van der Waals surface area contributed by atoms with Gasteiger partial charge in [-0.2, -0.15) is 12.6 Å². The second-order valence-electron chi connectivity index (χ2n) is 4.29. The van der Waals surface area contributed by atoms with Crippen LogP contribution < -0.4 is 10.6 Å². The molecule has 0 aromatic carbocycles. The van der Waals surface area contributed by atoms with Crippen molar-refractivity contribution < 1.29 is 33.5 Å². The van der Waals surface area contributed by atoms with Gasteiger partial charge in [-0.3, -0.25) is 13.9 Å². The van der Waals surface area contributed by atoms with Gasteiger partial charge in [-0.15, -0.1) is 0 Å². The van der Waals surface area contributed by atoms with Crippen LogP contribution in [0, 0.1) is 0 Å². The summed E-state index contributed by atoms with van der Waals surface area (Å²) >= 11 is 3.93. The van der Waals surface area contributed by atoms with E-state index in [1.54, 1.807) is 6.92 Å². The number of carbonyl (C=O) groups is 1. The molecule has 0 aliphatic carbocycles. The van der Waals surface area contributed by atoms with E-state index in [4.69, 9.17) is 19.6 Å². The molecular formula is C9H15N3O7P2S. The van der Waals surface area contributed by atoms with Crippen LogP contribution in [0.15, 0.2) is 18.3 Å². The number of nitrogens with one attached hydrogen (secondary N) is 2. The van der Waals surface area contributed by atoms with Gasteiger partial charge in [0.2, 0.25) is 11.4 Å². The summed E-state index contributed by atoms with van der Waals surface area (Å²) in [5, 5.41) is 3.92. The number of thiol groups is 1. The summed E-state index contributed by atoms with van der Waals surface area (Å²) in [6, 6.07) is 2.55. The Hall–Kier alpha value is -0.930. The van der Waals surface area contributed by atoms with Gasteiger partial charge in [0.25, 0.3) is 0 Å². The summed E-state index contributed by atoms with van der Waals surface area (Å²) in [7, 11) is -10.2. The van der Waals surface area contributed by atoms with Crippen molar-refractivity contribution in [3.63, 3.8) is 0 Å². The highest BCUT2D eigenvalue weighted by Gasteiger charge is 2.43. The highest BCUT2D eigenvalue weighted by molar-refractivity contribution is 7.81. The van der Waals surface area contributed by atoms with Crippen LogP contribution >= 0.6 is 27.8 Å². The van der Waals surface area contributed by atoms with Crippen LogP contribution in [0.2, 0.25) is 0 Å². The number of rotatable bonds is 6. The standard InChI is InChI=1S/C9H15N3O7P2S/c1-5(22)8(13)11-6-2-3-7(10-4-6)12-9(20(14,15)16)21(17,18)19/h2-5,9,22H,1H3,(H,10,12)(H,11,13)(H2,14,15,16)(H2,17,18,19). The third kappa shape index (κ3) is 5.69. The minimum Gasteiger partial charge on any atom is -0.346 e. The van der Waals surface area contributed by atoms with Crippen molar-refractivity contribution in [1.29, 1.82) is 0 Å². The Morgan fingerprint density at radius 1 is 1.23 bits per heavy atom. The Labute approximate surface area is 131 Å². The molecule has 124 valence electrons. The van der Waals surface area contributed by atoms with Crippen LogP contribution in [0.4, 0.5) is 11.5 Å². The maximum absolute atomic E-state index is 11.4. The minimum atomic E-state index is -5.10. The van der Waals surface area contributed by atoms with E-state index in [1.807, 2.05) is 5.32 Å². The number of hydrogen-bond acceptors (Lipinski definition) is 6. The van der Waals surface area contributed by atoms with Crippen LogP contribution in [0.1, 0.15) is 6.92 Å². The Morgan fingerprint density at radius 2 is 1.77 bits per heavy atom. The van der Waals surface area contributed by atoms with E-state index in [1.165, 1.54) is 12.1 Å². The molecule has 1 atom stereocenters. The number of aromatic nitrogens is 1. The quantitative estimate of drug-likeness (QED) is 0.276. The first-order valence-electron chi connectivity index (χ1n) is 5.73. The van der Waals surface area contributed by atoms with E-state index in [0.29, 0.717) is 5.69 Å². The van der Waals surface area contributed by atoms with Crippen molar-refractivity contribution in [3.8, 4) is 0 Å². The minimum absolute atomic E-state index is 0.173. The maximum Gasteiger partial charge on any atom is 0.360 e. The largest absolute Gasteiger partial charge is 0.360 e. The molecule has 0 radical (unpaired) electrons. The maximum atomic E-state index is 11.4. The Balaban J connectivity index is 2.89. The number of carbonyl (C=O) groups excluding carboxylic acids is 1. The molecule has 22 heavy (non-hydrogen) atoms. The molecule has 1 aromatic rings. The number of nitrogens with zero attached hydrogens (tertiary/aromatic N) is 1. The molecule has 1 aromatic heterocycles. The molecule has 1 unspecified atom stereocenters. The fourth-order valence-corrected chi connectivity index (χ4v) is 3.53. The molecule has 1 amide bonds. The number of pyridine rings is 1. The zero-order valence-electron chi connectivity index (χ0n) is 11.2. The highest BCUT2D eigenvalue weighted by atomic mass is 32.1. The summed E-state index contributed by atoms with van der Waals surface area (Å²) in [5.41, 5.74) is -2.11. The molecule has 10 nitrogen and oxygen atoms in total. The molecular weight excluding hydrogens is 356 g/mol. The number of anilines is 2. The number of amides is 1. The van der Waals surface area contributed by atoms with Crippen molar-refractivity contribution in [2.24, 2.45) is 0 Å². The van der Waals surface area contributed by atoms with Crippen molar-refractivity contribution in [2.45, 2.75) is 17.7 Å². The van der Waals surface area contributed by atoms with Gasteiger partial charge in [-0.1, -0.05) is 0 Å². The van der Waals surface area contributed by atoms with E-state index in [0.717, 1.165) is 6.20 Å². The van der Waals surface area contributed by atoms with Gasteiger partial charge in [0.05, 0.1) is 17.1 Å². The lowest BCUT2D eigenvalue weighted by Gasteiger charge is -2.21. The van der Waals surface area contributed by atoms with E-state index >= 15 is 0 Å². The van der Waals surface area contributed by atoms with Gasteiger partial charge < -0.3 is 30.2 Å².